The summed E-state index contributed by atoms with van der Waals surface area (Å²) in [6, 6.07) is 0. The smallest absolute Gasteiger partial charge is 0.335 e. The summed E-state index contributed by atoms with van der Waals surface area (Å²) < 4.78 is 16.5. The van der Waals surface area contributed by atoms with Crippen molar-refractivity contribution < 1.29 is 28.9 Å². The van der Waals surface area contributed by atoms with Crippen LogP contribution in [0.2, 0.25) is 0 Å². The van der Waals surface area contributed by atoms with E-state index in [1.54, 1.807) is 6.92 Å². The summed E-state index contributed by atoms with van der Waals surface area (Å²) in [5, 5.41) is 8.98. The van der Waals surface area contributed by atoms with Gasteiger partial charge in [0.05, 0.1) is 31.5 Å². The zero-order valence-electron chi connectivity index (χ0n) is 16.7. The minimum Gasteiger partial charge on any atom is -0.462 e. The zero-order chi connectivity index (χ0) is 20.2. The van der Waals surface area contributed by atoms with Gasteiger partial charge in [0, 0.05) is 18.1 Å². The molecule has 0 aromatic heterocycles. The highest BCUT2D eigenvalue weighted by Crippen LogP contribution is 2.32. The molecule has 1 fully saturated rings. The fraction of sp³-hybridized carbons (Fsp3) is 0.714. The van der Waals surface area contributed by atoms with Crippen molar-refractivity contribution in [3.63, 3.8) is 0 Å². The van der Waals surface area contributed by atoms with Gasteiger partial charge < -0.3 is 19.3 Å². The van der Waals surface area contributed by atoms with Gasteiger partial charge in [-0.1, -0.05) is 26.5 Å². The Kier molecular flexibility index (Phi) is 11.0. The maximum Gasteiger partial charge on any atom is 0.335 e. The molecule has 0 aromatic carbocycles. The predicted octanol–water partition coefficient (Wildman–Crippen LogP) is 3.19. The van der Waals surface area contributed by atoms with Gasteiger partial charge in [0.15, 0.2) is 0 Å². The van der Waals surface area contributed by atoms with E-state index in [2.05, 4.69) is 20.1 Å². The average molecular weight is 382 g/mol. The number of hydrogen-bond acceptors (Lipinski definition) is 6. The van der Waals surface area contributed by atoms with E-state index in [0.29, 0.717) is 5.57 Å². The van der Waals surface area contributed by atoms with Gasteiger partial charge in [-0.3, -0.25) is 0 Å². The van der Waals surface area contributed by atoms with Crippen LogP contribution in [0.5, 0.6) is 0 Å². The topological polar surface area (TPSA) is 82.1 Å². The number of unbranched alkanes of at least 4 members (excludes halogenated alkanes) is 1. The molecule has 27 heavy (non-hydrogen) atoms. The molecule has 6 heteroatoms. The third-order valence-electron chi connectivity index (χ3n) is 4.92. The van der Waals surface area contributed by atoms with Crippen LogP contribution in [-0.4, -0.2) is 49.6 Å². The van der Waals surface area contributed by atoms with Gasteiger partial charge in [0.25, 0.3) is 0 Å². The van der Waals surface area contributed by atoms with Crippen LogP contribution in [0.3, 0.4) is 0 Å². The van der Waals surface area contributed by atoms with Crippen LogP contribution in [0.25, 0.3) is 0 Å². The highest BCUT2D eigenvalue weighted by Gasteiger charge is 2.30. The largest absolute Gasteiger partial charge is 0.462 e. The maximum absolute atomic E-state index is 11.8. The summed E-state index contributed by atoms with van der Waals surface area (Å²) in [6.45, 7) is 11.5. The number of carbonyl (C=O) groups is 2. The lowest BCUT2D eigenvalue weighted by Crippen LogP contribution is -2.32. The van der Waals surface area contributed by atoms with Crippen molar-refractivity contribution in [3.05, 3.63) is 24.3 Å². The van der Waals surface area contributed by atoms with Gasteiger partial charge in [-0.2, -0.15) is 0 Å². The Balaban J connectivity index is 2.57. The number of esters is 2. The Hall–Kier alpha value is -1.66. The normalized spacial score (nSPS) is 20.6. The number of hydrogen-bond donors (Lipinski definition) is 1. The van der Waals surface area contributed by atoms with Crippen LogP contribution < -0.4 is 0 Å². The summed E-state index contributed by atoms with van der Waals surface area (Å²) in [7, 11) is 0. The van der Waals surface area contributed by atoms with Crippen LogP contribution >= 0.6 is 0 Å². The molecule has 154 valence electrons. The summed E-state index contributed by atoms with van der Waals surface area (Å²) >= 11 is 0. The molecule has 0 heterocycles. The van der Waals surface area contributed by atoms with Crippen LogP contribution in [0.15, 0.2) is 24.3 Å². The van der Waals surface area contributed by atoms with Crippen molar-refractivity contribution >= 4 is 11.9 Å². The molecule has 1 rings (SSSR count). The molecular weight excluding hydrogens is 348 g/mol. The SMILES string of the molecule is C=C(C)C(=O)OCC(COC(=O)C(=C)CO)C1CCC(OCCCC)CC1. The van der Waals surface area contributed by atoms with Gasteiger partial charge >= 0.3 is 11.9 Å². The highest BCUT2D eigenvalue weighted by molar-refractivity contribution is 5.88. The molecule has 1 aliphatic carbocycles. The number of ether oxygens (including phenoxy) is 3. The summed E-state index contributed by atoms with van der Waals surface area (Å²) in [6.07, 6.45) is 6.26. The van der Waals surface area contributed by atoms with Crippen LogP contribution in [0.1, 0.15) is 52.4 Å². The quantitative estimate of drug-likeness (QED) is 0.317. The fourth-order valence-electron chi connectivity index (χ4n) is 3.10. The molecule has 1 aliphatic rings. The van der Waals surface area contributed by atoms with E-state index in [1.165, 1.54) is 0 Å². The van der Waals surface area contributed by atoms with Crippen molar-refractivity contribution in [2.24, 2.45) is 11.8 Å². The van der Waals surface area contributed by atoms with Gasteiger partial charge in [-0.25, -0.2) is 9.59 Å². The first-order valence-electron chi connectivity index (χ1n) is 9.79. The maximum atomic E-state index is 11.8. The molecule has 1 saturated carbocycles. The first kappa shape index (κ1) is 23.4. The molecule has 0 bridgehead atoms. The molecule has 6 nitrogen and oxygen atoms in total. The third-order valence-corrected chi connectivity index (χ3v) is 4.92. The fourth-order valence-corrected chi connectivity index (χ4v) is 3.10. The number of rotatable bonds is 12. The van der Waals surface area contributed by atoms with Crippen LogP contribution in [0, 0.1) is 11.8 Å². The van der Waals surface area contributed by atoms with Crippen molar-refractivity contribution in [1.29, 1.82) is 0 Å². The average Bonchev–Trinajstić information content (AvgIpc) is 2.67. The van der Waals surface area contributed by atoms with E-state index < -0.39 is 18.5 Å². The molecule has 0 radical (unpaired) electrons. The minimum absolute atomic E-state index is 0.0145. The third kappa shape index (κ3) is 8.71. The molecule has 0 aliphatic heterocycles. The highest BCUT2D eigenvalue weighted by atomic mass is 16.5. The minimum atomic E-state index is -0.620. The second kappa shape index (κ2) is 12.7. The lowest BCUT2D eigenvalue weighted by molar-refractivity contribution is -0.146. The Morgan fingerprint density at radius 1 is 1.07 bits per heavy atom. The van der Waals surface area contributed by atoms with Crippen molar-refractivity contribution in [3.8, 4) is 0 Å². The van der Waals surface area contributed by atoms with E-state index in [9.17, 15) is 9.59 Å². The van der Waals surface area contributed by atoms with E-state index in [4.69, 9.17) is 19.3 Å². The van der Waals surface area contributed by atoms with Crippen molar-refractivity contribution in [1.82, 2.24) is 0 Å². The summed E-state index contributed by atoms with van der Waals surface area (Å²) in [4.78, 5) is 23.5. The van der Waals surface area contributed by atoms with Crippen LogP contribution in [-0.2, 0) is 23.8 Å². The zero-order valence-corrected chi connectivity index (χ0v) is 16.7. The second-order valence-corrected chi connectivity index (χ2v) is 7.26. The summed E-state index contributed by atoms with van der Waals surface area (Å²) in [5.74, 6) is -0.877. The standard InChI is InChI=1S/C21H34O6/c1-5-6-11-25-19-9-7-17(8-10-19)18(13-26-20(23)15(2)3)14-27-21(24)16(4)12-22/h17-19,22H,2,4-14H2,1,3H3. The molecule has 0 aromatic rings. The molecule has 1 N–H and O–H groups in total. The lowest BCUT2D eigenvalue weighted by atomic mass is 9.79. The van der Waals surface area contributed by atoms with Gasteiger partial charge in [-0.05, 0) is 44.9 Å². The molecule has 0 saturated heterocycles. The Morgan fingerprint density at radius 2 is 1.67 bits per heavy atom. The number of carbonyl (C=O) groups excluding carboxylic acids is 2. The summed E-state index contributed by atoms with van der Waals surface area (Å²) in [5.41, 5.74) is 0.355. The molecular formula is C21H34O6. The first-order valence-corrected chi connectivity index (χ1v) is 9.79. The van der Waals surface area contributed by atoms with Gasteiger partial charge in [-0.15, -0.1) is 0 Å². The van der Waals surface area contributed by atoms with Crippen molar-refractivity contribution in [2.75, 3.05) is 26.4 Å². The van der Waals surface area contributed by atoms with Gasteiger partial charge in [0.2, 0.25) is 0 Å². The molecule has 0 amide bonds. The number of aliphatic hydroxyl groups excluding tert-OH is 1. The molecule has 1 atom stereocenters. The van der Waals surface area contributed by atoms with E-state index >= 15 is 0 Å². The van der Waals surface area contributed by atoms with Gasteiger partial charge in [0.1, 0.15) is 0 Å². The van der Waals surface area contributed by atoms with Crippen molar-refractivity contribution in [2.45, 2.75) is 58.5 Å². The van der Waals surface area contributed by atoms with E-state index in [1.807, 2.05) is 0 Å². The monoisotopic (exact) mass is 382 g/mol. The Morgan fingerprint density at radius 3 is 2.19 bits per heavy atom. The molecule has 1 unspecified atom stereocenters. The van der Waals surface area contributed by atoms with E-state index in [0.717, 1.165) is 45.1 Å². The number of aliphatic hydroxyl groups is 1. The van der Waals surface area contributed by atoms with E-state index in [-0.39, 0.29) is 36.7 Å². The lowest BCUT2D eigenvalue weighted by Gasteiger charge is -2.33. The first-order chi connectivity index (χ1) is 12.9. The van der Waals surface area contributed by atoms with Crippen LogP contribution in [0.4, 0.5) is 0 Å². The Bertz CT molecular complexity index is 505. The molecule has 0 spiro atoms. The second-order valence-electron chi connectivity index (χ2n) is 7.26. The predicted molar refractivity (Wildman–Crippen MR) is 103 cm³/mol. The Labute approximate surface area is 162 Å².